The van der Waals surface area contributed by atoms with Gasteiger partial charge in [0, 0.05) is 15.1 Å². The van der Waals surface area contributed by atoms with Crippen molar-refractivity contribution >= 4 is 50.5 Å². The molecule has 0 saturated heterocycles. The maximum absolute atomic E-state index is 5.90. The molecule has 1 aromatic carbocycles. The van der Waals surface area contributed by atoms with Crippen LogP contribution in [0.4, 0.5) is 0 Å². The van der Waals surface area contributed by atoms with Crippen molar-refractivity contribution in [2.45, 2.75) is 0 Å². The lowest BCUT2D eigenvalue weighted by molar-refractivity contribution is 1.10. The fourth-order valence-corrected chi connectivity index (χ4v) is 2.68. The van der Waals surface area contributed by atoms with Crippen molar-refractivity contribution < 1.29 is 0 Å². The first-order valence-corrected chi connectivity index (χ1v) is 5.97. The van der Waals surface area contributed by atoms with E-state index in [0.29, 0.717) is 9.49 Å². The predicted molar refractivity (Wildman–Crippen MR) is 63.1 cm³/mol. The van der Waals surface area contributed by atoms with Crippen molar-refractivity contribution in [1.29, 1.82) is 0 Å². The molecule has 0 amide bonds. The first kappa shape index (κ1) is 10.4. The van der Waals surface area contributed by atoms with Gasteiger partial charge in [-0.15, -0.1) is 10.2 Å². The Morgan fingerprint density at radius 3 is 2.50 bits per heavy atom. The lowest BCUT2D eigenvalue weighted by Crippen LogP contribution is -1.77. The second kappa shape index (κ2) is 4.14. The van der Waals surface area contributed by atoms with Crippen LogP contribution in [0.5, 0.6) is 0 Å². The van der Waals surface area contributed by atoms with Gasteiger partial charge in [0.2, 0.25) is 4.47 Å². The highest BCUT2D eigenvalue weighted by molar-refractivity contribution is 9.10. The van der Waals surface area contributed by atoms with Crippen LogP contribution in [0.25, 0.3) is 10.6 Å². The Bertz CT molecular complexity index is 452. The van der Waals surface area contributed by atoms with Gasteiger partial charge in [-0.05, 0) is 29.8 Å². The Kier molecular flexibility index (Phi) is 3.07. The van der Waals surface area contributed by atoms with Crippen LogP contribution in [0.2, 0.25) is 9.49 Å². The largest absolute Gasteiger partial charge is 0.207 e. The Morgan fingerprint density at radius 1 is 1.14 bits per heavy atom. The van der Waals surface area contributed by atoms with E-state index in [-0.39, 0.29) is 0 Å². The molecular weight excluding hydrogens is 307 g/mol. The smallest absolute Gasteiger partial charge is 0.137 e. The van der Waals surface area contributed by atoms with E-state index in [1.807, 2.05) is 18.2 Å². The normalized spacial score (nSPS) is 10.5. The number of rotatable bonds is 1. The minimum atomic E-state index is 0.427. The Hall–Kier alpha value is -0.160. The zero-order valence-electron chi connectivity index (χ0n) is 6.67. The number of halogens is 3. The molecule has 14 heavy (non-hydrogen) atoms. The van der Waals surface area contributed by atoms with Crippen LogP contribution in [0.15, 0.2) is 22.7 Å². The topological polar surface area (TPSA) is 25.8 Å². The van der Waals surface area contributed by atoms with Gasteiger partial charge in [-0.3, -0.25) is 0 Å². The Labute approximate surface area is 103 Å². The van der Waals surface area contributed by atoms with Gasteiger partial charge in [-0.25, -0.2) is 0 Å². The van der Waals surface area contributed by atoms with Crippen LogP contribution in [0.1, 0.15) is 0 Å². The fourth-order valence-electron chi connectivity index (χ4n) is 0.999. The second-order valence-corrected chi connectivity index (χ2v) is 5.43. The van der Waals surface area contributed by atoms with E-state index in [1.54, 1.807) is 0 Å². The lowest BCUT2D eigenvalue weighted by atomic mass is 10.2. The molecule has 0 spiro atoms. The Morgan fingerprint density at radius 2 is 1.93 bits per heavy atom. The summed E-state index contributed by atoms with van der Waals surface area (Å²) in [4.78, 5) is 0. The molecule has 0 bridgehead atoms. The summed E-state index contributed by atoms with van der Waals surface area (Å²) in [6.45, 7) is 0. The van der Waals surface area contributed by atoms with Crippen LogP contribution in [-0.4, -0.2) is 10.2 Å². The van der Waals surface area contributed by atoms with E-state index in [0.717, 1.165) is 15.0 Å². The molecule has 2 aromatic rings. The fraction of sp³-hybridized carbons (Fsp3) is 0. The summed E-state index contributed by atoms with van der Waals surface area (Å²) in [6.07, 6.45) is 0. The number of nitrogens with zero attached hydrogens (tertiary/aromatic N) is 2. The minimum Gasteiger partial charge on any atom is -0.137 e. The molecule has 1 aromatic heterocycles. The summed E-state index contributed by atoms with van der Waals surface area (Å²) < 4.78 is 1.34. The maximum atomic E-state index is 5.90. The third kappa shape index (κ3) is 2.25. The molecular formula is C8H3BrCl2N2S. The van der Waals surface area contributed by atoms with E-state index < -0.39 is 0 Å². The summed E-state index contributed by atoms with van der Waals surface area (Å²) in [7, 11) is 0. The molecule has 0 atom stereocenters. The molecule has 2 nitrogen and oxygen atoms in total. The second-order valence-electron chi connectivity index (χ2n) is 2.52. The van der Waals surface area contributed by atoms with E-state index in [4.69, 9.17) is 23.2 Å². The zero-order valence-corrected chi connectivity index (χ0v) is 10.6. The molecule has 0 N–H and O–H groups in total. The van der Waals surface area contributed by atoms with Crippen LogP contribution >= 0.6 is 50.5 Å². The van der Waals surface area contributed by atoms with Crippen LogP contribution in [-0.2, 0) is 0 Å². The van der Waals surface area contributed by atoms with Crippen molar-refractivity contribution in [1.82, 2.24) is 10.2 Å². The Balaban J connectivity index is 2.51. The van der Waals surface area contributed by atoms with E-state index in [2.05, 4.69) is 26.1 Å². The monoisotopic (exact) mass is 308 g/mol. The lowest BCUT2D eigenvalue weighted by Gasteiger charge is -1.97. The number of hydrogen-bond donors (Lipinski definition) is 0. The molecule has 2 rings (SSSR count). The van der Waals surface area contributed by atoms with Crippen LogP contribution in [0.3, 0.4) is 0 Å². The van der Waals surface area contributed by atoms with Crippen molar-refractivity contribution in [3.63, 3.8) is 0 Å². The van der Waals surface area contributed by atoms with Crippen LogP contribution in [0, 0.1) is 0 Å². The molecule has 0 aliphatic rings. The summed E-state index contributed by atoms with van der Waals surface area (Å²) >= 11 is 16.3. The average Bonchev–Trinajstić information content (AvgIpc) is 2.50. The van der Waals surface area contributed by atoms with Crippen molar-refractivity contribution in [3.05, 3.63) is 32.2 Å². The van der Waals surface area contributed by atoms with Crippen LogP contribution < -0.4 is 0 Å². The predicted octanol–water partition coefficient (Wildman–Crippen LogP) is 4.27. The molecule has 0 aliphatic heterocycles. The standard InChI is InChI=1S/C8H3BrCl2N2S/c9-5-1-4(2-6(10)3-5)7-12-13-8(11)14-7/h1-3H. The number of aromatic nitrogens is 2. The first-order valence-electron chi connectivity index (χ1n) is 3.60. The van der Waals surface area contributed by atoms with Gasteiger partial charge in [0.15, 0.2) is 0 Å². The highest BCUT2D eigenvalue weighted by Crippen LogP contribution is 2.30. The quantitative estimate of drug-likeness (QED) is 0.786. The number of hydrogen-bond acceptors (Lipinski definition) is 3. The molecule has 72 valence electrons. The molecule has 0 radical (unpaired) electrons. The van der Waals surface area contributed by atoms with Crippen molar-refractivity contribution in [2.24, 2.45) is 0 Å². The van der Waals surface area contributed by atoms with Gasteiger partial charge < -0.3 is 0 Å². The molecule has 6 heteroatoms. The zero-order chi connectivity index (χ0) is 10.1. The molecule has 0 unspecified atom stereocenters. The van der Waals surface area contributed by atoms with Gasteiger partial charge >= 0.3 is 0 Å². The van der Waals surface area contributed by atoms with E-state index in [1.165, 1.54) is 11.3 Å². The SMILES string of the molecule is Clc1cc(Br)cc(-c2nnc(Cl)s2)c1. The summed E-state index contributed by atoms with van der Waals surface area (Å²) in [5, 5.41) is 9.07. The molecule has 0 aliphatic carbocycles. The van der Waals surface area contributed by atoms with Gasteiger partial charge in [0.1, 0.15) is 5.01 Å². The third-order valence-electron chi connectivity index (χ3n) is 1.51. The molecule has 0 saturated carbocycles. The summed E-state index contributed by atoms with van der Waals surface area (Å²) in [5.74, 6) is 0. The third-order valence-corrected chi connectivity index (χ3v) is 3.25. The number of benzene rings is 1. The van der Waals surface area contributed by atoms with Gasteiger partial charge in [-0.1, -0.05) is 38.9 Å². The van der Waals surface area contributed by atoms with E-state index >= 15 is 0 Å². The summed E-state index contributed by atoms with van der Waals surface area (Å²) in [6, 6.07) is 5.56. The van der Waals surface area contributed by atoms with Gasteiger partial charge in [-0.2, -0.15) is 0 Å². The molecule has 1 heterocycles. The first-order chi connectivity index (χ1) is 6.65. The van der Waals surface area contributed by atoms with Crippen molar-refractivity contribution in [3.8, 4) is 10.6 Å². The van der Waals surface area contributed by atoms with Crippen molar-refractivity contribution in [2.75, 3.05) is 0 Å². The van der Waals surface area contributed by atoms with Gasteiger partial charge in [0.05, 0.1) is 0 Å². The molecule has 0 fully saturated rings. The highest BCUT2D eigenvalue weighted by Gasteiger charge is 2.06. The average molecular weight is 310 g/mol. The maximum Gasteiger partial charge on any atom is 0.207 e. The van der Waals surface area contributed by atoms with Gasteiger partial charge in [0.25, 0.3) is 0 Å². The highest BCUT2D eigenvalue weighted by atomic mass is 79.9. The minimum absolute atomic E-state index is 0.427. The summed E-state index contributed by atoms with van der Waals surface area (Å²) in [5.41, 5.74) is 0.911. The van der Waals surface area contributed by atoms with E-state index in [9.17, 15) is 0 Å².